The van der Waals surface area contributed by atoms with Gasteiger partial charge in [-0.15, -0.1) is 0 Å². The highest BCUT2D eigenvalue weighted by Gasteiger charge is 2.16. The Balaban J connectivity index is 2.35. The van der Waals surface area contributed by atoms with E-state index in [0.717, 1.165) is 0 Å². The molecule has 0 aromatic carbocycles. The van der Waals surface area contributed by atoms with Gasteiger partial charge in [-0.25, -0.2) is 4.79 Å². The molecule has 1 amide bonds. The van der Waals surface area contributed by atoms with Crippen LogP contribution in [0.15, 0.2) is 10.6 Å². The molecule has 0 aliphatic rings. The Morgan fingerprint density at radius 1 is 1.78 bits per heavy atom. The number of carbonyl (C=O) groups excluding carboxylic acids is 1. The number of nitrogens with zero attached hydrogens (tertiary/aromatic N) is 1. The van der Waals surface area contributed by atoms with Crippen LogP contribution in [0.25, 0.3) is 0 Å². The first-order valence-electron chi connectivity index (χ1n) is 5.11. The van der Waals surface area contributed by atoms with Crippen molar-refractivity contribution in [2.24, 2.45) is 0 Å². The van der Waals surface area contributed by atoms with Gasteiger partial charge in [-0.05, 0) is 0 Å². The Labute approximate surface area is 108 Å². The summed E-state index contributed by atoms with van der Waals surface area (Å²) in [6, 6.07) is 0.859. The third-order valence-electron chi connectivity index (χ3n) is 2.00. The number of aliphatic carboxylic acids is 1. The number of nitrogens with one attached hydrogen (secondary N) is 1. The number of carboxylic acid groups (broad SMARTS) is 1. The highest BCUT2D eigenvalue weighted by Crippen LogP contribution is 2.14. The smallest absolute Gasteiger partial charge is 0.327 e. The minimum atomic E-state index is -1.06. The molecule has 0 saturated heterocycles. The maximum atomic E-state index is 10.7. The molecular formula is C10H14N2O5S. The molecule has 7 nitrogen and oxygen atoms in total. The summed E-state index contributed by atoms with van der Waals surface area (Å²) >= 11 is 1.35. The molecule has 1 atom stereocenters. The summed E-state index contributed by atoms with van der Waals surface area (Å²) in [7, 11) is 1.56. The molecule has 0 aliphatic carbocycles. The molecular weight excluding hydrogens is 260 g/mol. The van der Waals surface area contributed by atoms with Crippen LogP contribution in [-0.4, -0.2) is 41.5 Å². The summed E-state index contributed by atoms with van der Waals surface area (Å²) in [4.78, 5) is 20.9. The summed E-state index contributed by atoms with van der Waals surface area (Å²) in [5, 5.41) is 14.8. The minimum absolute atomic E-state index is 0.264. The van der Waals surface area contributed by atoms with Crippen molar-refractivity contribution in [1.82, 2.24) is 10.5 Å². The second kappa shape index (κ2) is 7.72. The average molecular weight is 274 g/mol. The first kappa shape index (κ1) is 14.5. The Morgan fingerprint density at radius 3 is 3.17 bits per heavy atom. The van der Waals surface area contributed by atoms with E-state index in [4.69, 9.17) is 14.4 Å². The zero-order valence-electron chi connectivity index (χ0n) is 9.79. The Morgan fingerprint density at radius 2 is 2.56 bits per heavy atom. The van der Waals surface area contributed by atoms with Crippen molar-refractivity contribution < 1.29 is 24.0 Å². The van der Waals surface area contributed by atoms with Gasteiger partial charge in [0.15, 0.2) is 5.76 Å². The van der Waals surface area contributed by atoms with Crippen LogP contribution in [0.4, 0.5) is 0 Å². The van der Waals surface area contributed by atoms with Crippen LogP contribution < -0.4 is 5.32 Å². The highest BCUT2D eigenvalue weighted by atomic mass is 32.2. The number of carbonyl (C=O) groups is 2. The van der Waals surface area contributed by atoms with Gasteiger partial charge in [0.25, 0.3) is 0 Å². The molecule has 0 radical (unpaired) electrons. The standard InChI is InChI=1S/C10H14N2O5S/c1-16-3-8-2-7(12-17-8)4-18-5-9(10(14)15)11-6-13/h2,6,9H,3-5H2,1H3,(H,11,13)(H,14,15). The van der Waals surface area contributed by atoms with E-state index in [1.54, 1.807) is 13.2 Å². The molecule has 1 rings (SSSR count). The van der Waals surface area contributed by atoms with Crippen LogP contribution in [0.3, 0.4) is 0 Å². The Kier molecular flexibility index (Phi) is 6.23. The van der Waals surface area contributed by atoms with Crippen LogP contribution in [0.1, 0.15) is 11.5 Å². The van der Waals surface area contributed by atoms with Gasteiger partial charge in [0.05, 0.1) is 5.69 Å². The van der Waals surface area contributed by atoms with Crippen molar-refractivity contribution in [3.8, 4) is 0 Å². The number of amides is 1. The fourth-order valence-corrected chi connectivity index (χ4v) is 2.13. The fraction of sp³-hybridized carbons (Fsp3) is 0.500. The van der Waals surface area contributed by atoms with E-state index < -0.39 is 12.0 Å². The molecule has 1 aromatic rings. The zero-order chi connectivity index (χ0) is 13.4. The molecule has 8 heteroatoms. The van der Waals surface area contributed by atoms with Crippen molar-refractivity contribution >= 4 is 24.1 Å². The van der Waals surface area contributed by atoms with E-state index in [2.05, 4.69) is 10.5 Å². The number of hydrogen-bond acceptors (Lipinski definition) is 6. The number of rotatable bonds is 9. The van der Waals surface area contributed by atoms with E-state index in [1.165, 1.54) is 11.8 Å². The number of thioether (sulfide) groups is 1. The summed E-state index contributed by atoms with van der Waals surface area (Å²) in [5.41, 5.74) is 0.710. The molecule has 100 valence electrons. The maximum absolute atomic E-state index is 10.7. The van der Waals surface area contributed by atoms with E-state index in [-0.39, 0.29) is 5.75 Å². The third kappa shape index (κ3) is 4.76. The fourth-order valence-electron chi connectivity index (χ4n) is 1.19. The first-order valence-corrected chi connectivity index (χ1v) is 6.26. The summed E-state index contributed by atoms with van der Waals surface area (Å²) < 4.78 is 9.86. The summed E-state index contributed by atoms with van der Waals surface area (Å²) in [6.45, 7) is 0.349. The Bertz CT molecular complexity index is 395. The number of ether oxygens (including phenoxy) is 1. The molecule has 0 spiro atoms. The average Bonchev–Trinajstić information content (AvgIpc) is 2.76. The van der Waals surface area contributed by atoms with Gasteiger partial charge in [-0.2, -0.15) is 11.8 Å². The van der Waals surface area contributed by atoms with Gasteiger partial charge >= 0.3 is 5.97 Å². The zero-order valence-corrected chi connectivity index (χ0v) is 10.6. The van der Waals surface area contributed by atoms with Crippen LogP contribution in [0.5, 0.6) is 0 Å². The van der Waals surface area contributed by atoms with E-state index >= 15 is 0 Å². The Hall–Kier alpha value is -1.54. The van der Waals surface area contributed by atoms with E-state index in [1.807, 2.05) is 0 Å². The lowest BCUT2D eigenvalue weighted by molar-refractivity contribution is -0.139. The van der Waals surface area contributed by atoms with Gasteiger partial charge in [-0.1, -0.05) is 5.16 Å². The normalized spacial score (nSPS) is 12.1. The summed E-state index contributed by atoms with van der Waals surface area (Å²) in [6.07, 6.45) is 0.381. The van der Waals surface area contributed by atoms with Crippen molar-refractivity contribution in [2.75, 3.05) is 12.9 Å². The van der Waals surface area contributed by atoms with E-state index in [0.29, 0.717) is 30.2 Å². The lowest BCUT2D eigenvalue weighted by atomic mass is 10.3. The molecule has 1 heterocycles. The van der Waals surface area contributed by atoms with E-state index in [9.17, 15) is 9.59 Å². The quantitative estimate of drug-likeness (QED) is 0.622. The largest absolute Gasteiger partial charge is 0.480 e. The highest BCUT2D eigenvalue weighted by molar-refractivity contribution is 7.98. The molecule has 2 N–H and O–H groups in total. The van der Waals surface area contributed by atoms with Gasteiger partial charge in [0.2, 0.25) is 6.41 Å². The number of carboxylic acids is 1. The molecule has 0 aliphatic heterocycles. The molecule has 1 unspecified atom stereocenters. The molecule has 18 heavy (non-hydrogen) atoms. The predicted molar refractivity (Wildman–Crippen MR) is 64.0 cm³/mol. The molecule has 1 aromatic heterocycles. The van der Waals surface area contributed by atoms with Crippen molar-refractivity contribution in [1.29, 1.82) is 0 Å². The summed E-state index contributed by atoms with van der Waals surface area (Å²) in [5.74, 6) is 0.335. The lowest BCUT2D eigenvalue weighted by Crippen LogP contribution is -2.37. The second-order valence-electron chi connectivity index (χ2n) is 3.41. The van der Waals surface area contributed by atoms with Gasteiger partial charge in [0.1, 0.15) is 12.6 Å². The molecule has 0 bridgehead atoms. The monoisotopic (exact) mass is 274 g/mol. The van der Waals surface area contributed by atoms with Gasteiger partial charge < -0.3 is 19.7 Å². The molecule has 0 fully saturated rings. The SMILES string of the molecule is COCc1cc(CSCC(NC=O)C(=O)O)no1. The topological polar surface area (TPSA) is 102 Å². The van der Waals surface area contributed by atoms with Crippen LogP contribution in [0.2, 0.25) is 0 Å². The van der Waals surface area contributed by atoms with Crippen molar-refractivity contribution in [2.45, 2.75) is 18.4 Å². The number of aromatic nitrogens is 1. The second-order valence-corrected chi connectivity index (χ2v) is 4.44. The van der Waals surface area contributed by atoms with Crippen molar-refractivity contribution in [3.63, 3.8) is 0 Å². The lowest BCUT2D eigenvalue weighted by Gasteiger charge is -2.09. The first-order chi connectivity index (χ1) is 8.67. The third-order valence-corrected chi connectivity index (χ3v) is 3.07. The number of hydrogen-bond donors (Lipinski definition) is 2. The molecule has 0 saturated carbocycles. The van der Waals surface area contributed by atoms with Gasteiger partial charge in [0, 0.05) is 24.7 Å². The van der Waals surface area contributed by atoms with Crippen molar-refractivity contribution in [3.05, 3.63) is 17.5 Å². The predicted octanol–water partition coefficient (Wildman–Crippen LogP) is 0.253. The number of methoxy groups -OCH3 is 1. The minimum Gasteiger partial charge on any atom is -0.480 e. The van der Waals surface area contributed by atoms with Crippen LogP contribution >= 0.6 is 11.8 Å². The van der Waals surface area contributed by atoms with Crippen LogP contribution in [-0.2, 0) is 26.7 Å². The van der Waals surface area contributed by atoms with Crippen LogP contribution in [0, 0.1) is 0 Å². The maximum Gasteiger partial charge on any atom is 0.327 e. The van der Waals surface area contributed by atoms with Gasteiger partial charge in [-0.3, -0.25) is 4.79 Å².